The molecule has 0 amide bonds. The summed E-state index contributed by atoms with van der Waals surface area (Å²) in [4.78, 5) is 4.39. The first-order valence-corrected chi connectivity index (χ1v) is 8.80. The van der Waals surface area contributed by atoms with Gasteiger partial charge in [0.25, 0.3) is 0 Å². The third-order valence-electron chi connectivity index (χ3n) is 4.89. The third kappa shape index (κ3) is 2.47. The highest BCUT2D eigenvalue weighted by Crippen LogP contribution is 2.32. The number of fused-ring (bicyclic) bond motifs is 3. The lowest BCUT2D eigenvalue weighted by Gasteiger charge is -2.09. The van der Waals surface area contributed by atoms with E-state index in [9.17, 15) is 0 Å². The Kier molecular flexibility index (Phi) is 3.48. The van der Waals surface area contributed by atoms with Crippen molar-refractivity contribution in [3.8, 4) is 23.0 Å². The van der Waals surface area contributed by atoms with Crippen molar-refractivity contribution in [2.75, 3.05) is 0 Å². The number of para-hydroxylation sites is 2. The molecule has 2 heterocycles. The minimum atomic E-state index is 0.617. The Morgan fingerprint density at radius 3 is 2.00 bits per heavy atom. The molecule has 0 spiro atoms. The number of nitriles is 1. The quantitative estimate of drug-likeness (QED) is 0.411. The molecule has 0 aliphatic carbocycles. The van der Waals surface area contributed by atoms with E-state index in [1.807, 2.05) is 6.07 Å². The summed E-state index contributed by atoms with van der Waals surface area (Å²) < 4.78 is 2.29. The molecule has 5 rings (SSSR count). The molecule has 0 aliphatic rings. The maximum Gasteiger partial charge on any atom is 0.0992 e. The molecular weight excluding hydrogens is 330 g/mol. The van der Waals surface area contributed by atoms with Crippen molar-refractivity contribution in [1.82, 2.24) is 9.55 Å². The second kappa shape index (κ2) is 6.12. The maximum atomic E-state index is 9.10. The number of pyridine rings is 1. The van der Waals surface area contributed by atoms with Crippen molar-refractivity contribution >= 4 is 21.8 Å². The molecular formula is C24H15N3. The van der Waals surface area contributed by atoms with Crippen molar-refractivity contribution in [1.29, 1.82) is 5.26 Å². The third-order valence-corrected chi connectivity index (χ3v) is 4.89. The van der Waals surface area contributed by atoms with Crippen LogP contribution in [0.1, 0.15) is 5.56 Å². The fourth-order valence-electron chi connectivity index (χ4n) is 3.64. The van der Waals surface area contributed by atoms with E-state index in [1.165, 1.54) is 21.8 Å². The van der Waals surface area contributed by atoms with E-state index in [-0.39, 0.29) is 0 Å². The van der Waals surface area contributed by atoms with Gasteiger partial charge in [-0.1, -0.05) is 48.5 Å². The zero-order valence-corrected chi connectivity index (χ0v) is 14.5. The number of benzene rings is 3. The van der Waals surface area contributed by atoms with Crippen LogP contribution in [-0.4, -0.2) is 9.55 Å². The zero-order valence-electron chi connectivity index (χ0n) is 14.5. The number of hydrogen-bond donors (Lipinski definition) is 0. The van der Waals surface area contributed by atoms with Gasteiger partial charge in [0.2, 0.25) is 0 Å². The number of nitrogens with zero attached hydrogens (tertiary/aromatic N) is 3. The topological polar surface area (TPSA) is 41.6 Å². The highest BCUT2D eigenvalue weighted by molar-refractivity contribution is 6.09. The van der Waals surface area contributed by atoms with Gasteiger partial charge in [-0.05, 0) is 36.4 Å². The van der Waals surface area contributed by atoms with E-state index in [0.29, 0.717) is 5.56 Å². The summed E-state index contributed by atoms with van der Waals surface area (Å²) in [5.74, 6) is 0. The molecule has 5 aromatic rings. The highest BCUT2D eigenvalue weighted by atomic mass is 15.0. The van der Waals surface area contributed by atoms with Crippen LogP contribution in [0.25, 0.3) is 38.8 Å². The molecule has 3 heteroatoms. The SMILES string of the molecule is N#Cc1ccnc(-c2ccc(-n3c4ccccc4c4ccccc43)cc2)c1. The van der Waals surface area contributed by atoms with Crippen molar-refractivity contribution in [2.24, 2.45) is 0 Å². The lowest BCUT2D eigenvalue weighted by Crippen LogP contribution is -1.94. The fourth-order valence-corrected chi connectivity index (χ4v) is 3.64. The van der Waals surface area contributed by atoms with Gasteiger partial charge in [0, 0.05) is 28.2 Å². The predicted molar refractivity (Wildman–Crippen MR) is 109 cm³/mol. The summed E-state index contributed by atoms with van der Waals surface area (Å²) in [7, 11) is 0. The van der Waals surface area contributed by atoms with Gasteiger partial charge >= 0.3 is 0 Å². The summed E-state index contributed by atoms with van der Waals surface area (Å²) in [6.45, 7) is 0. The van der Waals surface area contributed by atoms with Gasteiger partial charge in [-0.3, -0.25) is 4.98 Å². The zero-order chi connectivity index (χ0) is 18.2. The molecule has 3 nitrogen and oxygen atoms in total. The molecule has 0 atom stereocenters. The molecule has 0 fully saturated rings. The molecule has 0 saturated heterocycles. The lowest BCUT2D eigenvalue weighted by atomic mass is 10.1. The van der Waals surface area contributed by atoms with Gasteiger partial charge in [0.1, 0.15) is 0 Å². The summed E-state index contributed by atoms with van der Waals surface area (Å²) in [6.07, 6.45) is 1.68. The Balaban J connectivity index is 1.68. The molecule has 126 valence electrons. The average Bonchev–Trinajstić information content (AvgIpc) is 3.08. The average molecular weight is 345 g/mol. The molecule has 0 N–H and O–H groups in total. The van der Waals surface area contributed by atoms with Crippen LogP contribution in [0.2, 0.25) is 0 Å². The van der Waals surface area contributed by atoms with Crippen LogP contribution in [-0.2, 0) is 0 Å². The van der Waals surface area contributed by atoms with Gasteiger partial charge in [-0.2, -0.15) is 5.26 Å². The van der Waals surface area contributed by atoms with E-state index >= 15 is 0 Å². The summed E-state index contributed by atoms with van der Waals surface area (Å²) >= 11 is 0. The summed E-state index contributed by atoms with van der Waals surface area (Å²) in [5, 5.41) is 11.6. The Bertz CT molecular complexity index is 1270. The van der Waals surface area contributed by atoms with Crippen molar-refractivity contribution in [3.63, 3.8) is 0 Å². The van der Waals surface area contributed by atoms with Crippen LogP contribution in [0.15, 0.2) is 91.1 Å². The van der Waals surface area contributed by atoms with Crippen LogP contribution >= 0.6 is 0 Å². The molecule has 2 aromatic heterocycles. The number of rotatable bonds is 2. The Morgan fingerprint density at radius 1 is 0.741 bits per heavy atom. The predicted octanol–water partition coefficient (Wildman–Crippen LogP) is 5.72. The van der Waals surface area contributed by atoms with Crippen molar-refractivity contribution in [3.05, 3.63) is 96.7 Å². The van der Waals surface area contributed by atoms with E-state index in [4.69, 9.17) is 5.26 Å². The molecule has 27 heavy (non-hydrogen) atoms. The van der Waals surface area contributed by atoms with Gasteiger partial charge in [-0.25, -0.2) is 0 Å². The Morgan fingerprint density at radius 2 is 1.37 bits per heavy atom. The van der Waals surface area contributed by atoms with Crippen molar-refractivity contribution < 1.29 is 0 Å². The molecule has 3 aromatic carbocycles. The molecule has 0 saturated carbocycles. The molecule has 0 aliphatic heterocycles. The van der Waals surface area contributed by atoms with Crippen LogP contribution in [0.5, 0.6) is 0 Å². The number of hydrogen-bond acceptors (Lipinski definition) is 2. The Labute approximate surface area is 156 Å². The number of aromatic nitrogens is 2. The lowest BCUT2D eigenvalue weighted by molar-refractivity contribution is 1.18. The van der Waals surface area contributed by atoms with Gasteiger partial charge in [-0.15, -0.1) is 0 Å². The van der Waals surface area contributed by atoms with Gasteiger partial charge in [0.05, 0.1) is 28.4 Å². The van der Waals surface area contributed by atoms with E-state index in [2.05, 4.69) is 88.4 Å². The summed E-state index contributed by atoms with van der Waals surface area (Å²) in [5.41, 5.74) is 5.91. The van der Waals surface area contributed by atoms with Crippen LogP contribution in [0.4, 0.5) is 0 Å². The molecule has 0 radical (unpaired) electrons. The van der Waals surface area contributed by atoms with E-state index < -0.39 is 0 Å². The largest absolute Gasteiger partial charge is 0.309 e. The van der Waals surface area contributed by atoms with Crippen LogP contribution in [0, 0.1) is 11.3 Å². The minimum Gasteiger partial charge on any atom is -0.309 e. The van der Waals surface area contributed by atoms with Crippen LogP contribution in [0.3, 0.4) is 0 Å². The van der Waals surface area contributed by atoms with E-state index in [1.54, 1.807) is 12.3 Å². The first-order valence-electron chi connectivity index (χ1n) is 8.80. The minimum absolute atomic E-state index is 0.617. The maximum absolute atomic E-state index is 9.10. The molecule has 0 bridgehead atoms. The first kappa shape index (κ1) is 15.4. The molecule has 0 unspecified atom stereocenters. The Hall–Kier alpha value is -3.90. The second-order valence-electron chi connectivity index (χ2n) is 6.46. The van der Waals surface area contributed by atoms with Crippen LogP contribution < -0.4 is 0 Å². The summed E-state index contributed by atoms with van der Waals surface area (Å²) in [6, 6.07) is 31.0. The normalized spacial score (nSPS) is 10.9. The smallest absolute Gasteiger partial charge is 0.0992 e. The highest BCUT2D eigenvalue weighted by Gasteiger charge is 2.11. The first-order chi connectivity index (χ1) is 13.3. The standard InChI is InChI=1S/C24H15N3/c25-16-17-13-14-26-22(15-17)18-9-11-19(12-10-18)27-23-7-3-1-5-20(23)21-6-2-4-8-24(21)27/h1-15H. The van der Waals surface area contributed by atoms with E-state index in [0.717, 1.165) is 16.9 Å². The fraction of sp³-hybridized carbons (Fsp3) is 0. The van der Waals surface area contributed by atoms with Crippen molar-refractivity contribution in [2.45, 2.75) is 0 Å². The monoisotopic (exact) mass is 345 g/mol. The second-order valence-corrected chi connectivity index (χ2v) is 6.46. The van der Waals surface area contributed by atoms with Gasteiger partial charge in [0.15, 0.2) is 0 Å². The van der Waals surface area contributed by atoms with Gasteiger partial charge < -0.3 is 4.57 Å².